The molecule has 9 nitrogen and oxygen atoms in total. The molecule has 3 N–H and O–H groups in total. The first-order valence-electron chi connectivity index (χ1n) is 11.1. The van der Waals surface area contributed by atoms with Gasteiger partial charge in [-0.25, -0.2) is 18.7 Å². The maximum Gasteiger partial charge on any atom is 0.419 e. The zero-order valence-electron chi connectivity index (χ0n) is 19.3. The number of urea groups is 1. The molecule has 4 rings (SSSR count). The van der Waals surface area contributed by atoms with Gasteiger partial charge in [0.05, 0.1) is 16.8 Å². The van der Waals surface area contributed by atoms with Crippen molar-refractivity contribution in [2.75, 3.05) is 17.2 Å². The van der Waals surface area contributed by atoms with Gasteiger partial charge < -0.3 is 20.6 Å². The Kier molecular flexibility index (Phi) is 6.88. The van der Waals surface area contributed by atoms with Crippen LogP contribution in [-0.4, -0.2) is 50.3 Å². The van der Waals surface area contributed by atoms with Crippen LogP contribution in [0.1, 0.15) is 34.3 Å². The number of rotatable bonds is 5. The molecule has 0 aliphatic carbocycles. The number of aromatic carboxylic acids is 1. The Morgan fingerprint density at radius 2 is 1.84 bits per heavy atom. The first kappa shape index (κ1) is 25.7. The molecule has 13 heteroatoms. The minimum atomic E-state index is -4.86. The fourth-order valence-electron chi connectivity index (χ4n) is 4.07. The summed E-state index contributed by atoms with van der Waals surface area (Å²) in [4.78, 5) is 38.0. The predicted octanol–water partition coefficient (Wildman–Crippen LogP) is 4.67. The van der Waals surface area contributed by atoms with E-state index in [1.807, 2.05) is 0 Å². The summed E-state index contributed by atoms with van der Waals surface area (Å²) < 4.78 is 53.6. The third-order valence-corrected chi connectivity index (χ3v) is 5.89. The van der Waals surface area contributed by atoms with Crippen molar-refractivity contribution in [3.63, 3.8) is 0 Å². The summed E-state index contributed by atoms with van der Waals surface area (Å²) in [5.74, 6) is -2.90. The van der Waals surface area contributed by atoms with Crippen molar-refractivity contribution >= 4 is 29.4 Å². The number of hydrogen-bond donors (Lipinski definition) is 3. The molecule has 3 amide bonds. The number of carboxylic acid groups (broad SMARTS) is 1. The second-order valence-electron chi connectivity index (χ2n) is 8.41. The molecule has 1 saturated heterocycles. The first-order valence-corrected chi connectivity index (χ1v) is 11.1. The lowest BCUT2D eigenvalue weighted by atomic mass is 10.1. The van der Waals surface area contributed by atoms with Crippen LogP contribution in [0.5, 0.6) is 0 Å². The largest absolute Gasteiger partial charge is 0.478 e. The summed E-state index contributed by atoms with van der Waals surface area (Å²) in [5, 5.41) is 18.4. The van der Waals surface area contributed by atoms with Gasteiger partial charge in [0.1, 0.15) is 11.9 Å². The standard InChI is InChI=1S/C24H21F4N5O4/c1-13-11-15(5-6-16(13)22(35)36)33-10-8-20(31-33)30-21(34)19-3-2-9-32(19)23(37)29-14-4-7-17(18(25)12-14)24(26,27)28/h4-8,10-12,19H,2-3,9H2,1H3,(H,29,37)(H,35,36)(H,30,31,34)/t19-/m0/s1. The number of carbonyl (C=O) groups excluding carboxylic acids is 2. The van der Waals surface area contributed by atoms with E-state index in [0.29, 0.717) is 36.2 Å². The van der Waals surface area contributed by atoms with Gasteiger partial charge in [-0.1, -0.05) is 0 Å². The normalized spacial score (nSPS) is 15.5. The number of hydrogen-bond acceptors (Lipinski definition) is 4. The fourth-order valence-corrected chi connectivity index (χ4v) is 4.07. The van der Waals surface area contributed by atoms with Crippen molar-refractivity contribution in [2.45, 2.75) is 32.0 Å². The van der Waals surface area contributed by atoms with Crippen molar-refractivity contribution in [3.8, 4) is 5.69 Å². The lowest BCUT2D eigenvalue weighted by molar-refractivity contribution is -0.140. The number of aryl methyl sites for hydroxylation is 1. The van der Waals surface area contributed by atoms with Gasteiger partial charge in [-0.2, -0.15) is 18.3 Å². The Hall–Kier alpha value is -4.42. The lowest BCUT2D eigenvalue weighted by Crippen LogP contribution is -2.45. The number of alkyl halides is 3. The zero-order valence-corrected chi connectivity index (χ0v) is 19.3. The quantitative estimate of drug-likeness (QED) is 0.424. The Bertz CT molecular complexity index is 1370. The number of aromatic nitrogens is 2. The van der Waals surface area contributed by atoms with Gasteiger partial charge in [0.25, 0.3) is 0 Å². The molecule has 1 aliphatic rings. The van der Waals surface area contributed by atoms with Crippen LogP contribution in [0.2, 0.25) is 0 Å². The lowest BCUT2D eigenvalue weighted by Gasteiger charge is -2.24. The minimum Gasteiger partial charge on any atom is -0.478 e. The molecular formula is C24H21F4N5O4. The molecule has 0 spiro atoms. The number of nitrogens with zero attached hydrogens (tertiary/aromatic N) is 3. The SMILES string of the molecule is Cc1cc(-n2ccc(NC(=O)[C@@H]3CCCN3C(=O)Nc3ccc(C(F)(F)F)c(F)c3)n2)ccc1C(=O)O. The predicted molar refractivity (Wildman–Crippen MR) is 124 cm³/mol. The number of carbonyl (C=O) groups is 3. The summed E-state index contributed by atoms with van der Waals surface area (Å²) in [7, 11) is 0. The Labute approximate surface area is 207 Å². The average molecular weight is 519 g/mol. The average Bonchev–Trinajstić information content (AvgIpc) is 3.48. The fraction of sp³-hybridized carbons (Fsp3) is 0.250. The van der Waals surface area contributed by atoms with E-state index in [0.717, 1.165) is 6.07 Å². The molecule has 1 atom stereocenters. The van der Waals surface area contributed by atoms with Crippen LogP contribution in [0.4, 0.5) is 33.9 Å². The van der Waals surface area contributed by atoms with Crippen molar-refractivity contribution in [1.82, 2.24) is 14.7 Å². The molecule has 0 unspecified atom stereocenters. The van der Waals surface area contributed by atoms with Crippen molar-refractivity contribution in [2.24, 2.45) is 0 Å². The number of likely N-dealkylation sites (tertiary alicyclic amines) is 1. The van der Waals surface area contributed by atoms with Gasteiger partial charge in [-0.05, 0) is 61.7 Å². The molecule has 1 aliphatic heterocycles. The summed E-state index contributed by atoms with van der Waals surface area (Å²) in [6, 6.07) is 6.60. The van der Waals surface area contributed by atoms with Gasteiger partial charge >= 0.3 is 18.2 Å². The maximum absolute atomic E-state index is 13.8. The van der Waals surface area contributed by atoms with Crippen LogP contribution in [0.15, 0.2) is 48.7 Å². The van der Waals surface area contributed by atoms with Crippen LogP contribution in [0.25, 0.3) is 5.69 Å². The van der Waals surface area contributed by atoms with Crippen molar-refractivity contribution in [3.05, 3.63) is 71.2 Å². The van der Waals surface area contributed by atoms with E-state index >= 15 is 0 Å². The molecular weight excluding hydrogens is 498 g/mol. The molecule has 0 radical (unpaired) electrons. The van der Waals surface area contributed by atoms with E-state index in [9.17, 15) is 31.9 Å². The summed E-state index contributed by atoms with van der Waals surface area (Å²) in [6.45, 7) is 1.87. The van der Waals surface area contributed by atoms with Gasteiger partial charge in [-0.3, -0.25) is 4.79 Å². The number of benzene rings is 2. The highest BCUT2D eigenvalue weighted by molar-refractivity contribution is 5.99. The third-order valence-electron chi connectivity index (χ3n) is 5.89. The highest BCUT2D eigenvalue weighted by atomic mass is 19.4. The van der Waals surface area contributed by atoms with E-state index in [1.165, 1.54) is 21.7 Å². The van der Waals surface area contributed by atoms with E-state index < -0.39 is 41.5 Å². The van der Waals surface area contributed by atoms with Gasteiger partial charge in [0, 0.05) is 24.5 Å². The molecule has 2 aromatic carbocycles. The van der Waals surface area contributed by atoms with Crippen LogP contribution >= 0.6 is 0 Å². The highest BCUT2D eigenvalue weighted by Gasteiger charge is 2.36. The molecule has 0 saturated carbocycles. The third kappa shape index (κ3) is 5.55. The Morgan fingerprint density at radius 1 is 1.08 bits per heavy atom. The monoisotopic (exact) mass is 519 g/mol. The second kappa shape index (κ2) is 9.91. The molecule has 0 bridgehead atoms. The molecule has 194 valence electrons. The van der Waals surface area contributed by atoms with Gasteiger partial charge in [-0.15, -0.1) is 0 Å². The van der Waals surface area contributed by atoms with E-state index in [1.54, 1.807) is 25.3 Å². The van der Waals surface area contributed by atoms with Crippen LogP contribution in [0.3, 0.4) is 0 Å². The summed E-state index contributed by atoms with van der Waals surface area (Å²) >= 11 is 0. The maximum atomic E-state index is 13.8. The van der Waals surface area contributed by atoms with Crippen LogP contribution < -0.4 is 10.6 Å². The first-order chi connectivity index (χ1) is 17.4. The highest BCUT2D eigenvalue weighted by Crippen LogP contribution is 2.32. The molecule has 3 aromatic rings. The van der Waals surface area contributed by atoms with Gasteiger partial charge in [0.2, 0.25) is 5.91 Å². The number of nitrogens with one attached hydrogen (secondary N) is 2. The van der Waals surface area contributed by atoms with E-state index in [2.05, 4.69) is 15.7 Å². The number of amides is 3. The van der Waals surface area contributed by atoms with Crippen LogP contribution in [0, 0.1) is 12.7 Å². The van der Waals surface area contributed by atoms with Crippen molar-refractivity contribution < 1.29 is 37.1 Å². The second-order valence-corrected chi connectivity index (χ2v) is 8.41. The Morgan fingerprint density at radius 3 is 2.49 bits per heavy atom. The summed E-state index contributed by atoms with van der Waals surface area (Å²) in [5.41, 5.74) is -0.357. The van der Waals surface area contributed by atoms with E-state index in [-0.39, 0.29) is 23.6 Å². The van der Waals surface area contributed by atoms with E-state index in [4.69, 9.17) is 5.11 Å². The molecule has 2 heterocycles. The number of anilines is 2. The number of halogens is 4. The number of carboxylic acids is 1. The summed E-state index contributed by atoms with van der Waals surface area (Å²) in [6.07, 6.45) is -2.44. The molecule has 1 aromatic heterocycles. The minimum absolute atomic E-state index is 0.156. The topological polar surface area (TPSA) is 117 Å². The Balaban J connectivity index is 1.42. The zero-order chi connectivity index (χ0) is 26.9. The molecule has 37 heavy (non-hydrogen) atoms. The van der Waals surface area contributed by atoms with Gasteiger partial charge in [0.15, 0.2) is 5.82 Å². The smallest absolute Gasteiger partial charge is 0.419 e. The van der Waals surface area contributed by atoms with Crippen LogP contribution in [-0.2, 0) is 11.0 Å². The van der Waals surface area contributed by atoms with Crippen molar-refractivity contribution in [1.29, 1.82) is 0 Å². The molecule has 1 fully saturated rings.